The van der Waals surface area contributed by atoms with Gasteiger partial charge in [-0.15, -0.1) is 0 Å². The van der Waals surface area contributed by atoms with Crippen LogP contribution in [0.15, 0.2) is 0 Å². The number of carbonyl (C=O) groups is 3. The zero-order chi connectivity index (χ0) is 20.4. The van der Waals surface area contributed by atoms with Gasteiger partial charge in [-0.1, -0.05) is 13.8 Å². The highest BCUT2D eigenvalue weighted by atomic mass is 32.1. The van der Waals surface area contributed by atoms with E-state index in [2.05, 4.69) is 15.2 Å². The molecule has 13 heteroatoms. The van der Waals surface area contributed by atoms with Gasteiger partial charge in [0.1, 0.15) is 6.10 Å². The Balaban J connectivity index is 4.14. The molecule has 0 aromatic carbocycles. The second-order valence-corrected chi connectivity index (χ2v) is 8.23. The Hall–Kier alpha value is -1.30. The molecule has 0 rings (SSSR count). The lowest BCUT2D eigenvalue weighted by Gasteiger charge is -2.29. The molecule has 0 unspecified atom stereocenters. The van der Waals surface area contributed by atoms with E-state index in [9.17, 15) is 24.1 Å². The third-order valence-electron chi connectivity index (χ3n) is 3.01. The Bertz CT molecular complexity index is 576. The Kier molecular flexibility index (Phi) is 10.8. The summed E-state index contributed by atoms with van der Waals surface area (Å²) in [5.74, 6) is -1.74. The molecule has 0 aliphatic carbocycles. The van der Waals surface area contributed by atoms with Crippen LogP contribution in [-0.4, -0.2) is 74.7 Å². The Morgan fingerprint density at radius 3 is 2.38 bits per heavy atom. The van der Waals surface area contributed by atoms with Crippen LogP contribution in [0.2, 0.25) is 0 Å². The van der Waals surface area contributed by atoms with Gasteiger partial charge in [0.2, 0.25) is 11.8 Å². The number of carbonyl (C=O) groups excluding carboxylic acids is 2. The molecule has 0 bridgehead atoms. The fraction of sp³-hybridized carbons (Fsp3) is 0.692. The first-order chi connectivity index (χ1) is 11.8. The van der Waals surface area contributed by atoms with Crippen molar-refractivity contribution in [2.24, 2.45) is 5.41 Å². The van der Waals surface area contributed by atoms with Crippen molar-refractivity contribution in [1.29, 1.82) is 0 Å². The predicted molar refractivity (Wildman–Crippen MR) is 96.0 cm³/mol. The van der Waals surface area contributed by atoms with Gasteiger partial charge < -0.3 is 30.6 Å². The minimum absolute atomic E-state index is 0.0442. The summed E-state index contributed by atoms with van der Waals surface area (Å²) in [6, 6.07) is 0. The maximum atomic E-state index is 11.9. The summed E-state index contributed by atoms with van der Waals surface area (Å²) < 4.78 is 15.0. The van der Waals surface area contributed by atoms with Gasteiger partial charge in [0.25, 0.3) is 0 Å². The molecule has 0 saturated heterocycles. The van der Waals surface area contributed by atoms with Crippen molar-refractivity contribution in [2.75, 3.05) is 25.4 Å². The third kappa shape index (κ3) is 12.1. The van der Waals surface area contributed by atoms with E-state index in [-0.39, 0.29) is 25.4 Å². The molecule has 6 N–H and O–H groups in total. The highest BCUT2D eigenvalue weighted by Crippen LogP contribution is 2.38. The maximum absolute atomic E-state index is 11.9. The van der Waals surface area contributed by atoms with Crippen LogP contribution >= 0.6 is 19.2 Å². The molecule has 0 aromatic rings. The van der Waals surface area contributed by atoms with Crippen molar-refractivity contribution < 1.29 is 43.5 Å². The summed E-state index contributed by atoms with van der Waals surface area (Å²) in [5, 5.41) is 24.3. The van der Waals surface area contributed by atoms with Gasteiger partial charge in [0.15, 0.2) is 0 Å². The number of nitrogens with one attached hydrogen (secondary N) is 2. The maximum Gasteiger partial charge on any atom is 0.469 e. The predicted octanol–water partition coefficient (Wildman–Crippen LogP) is -1.54. The van der Waals surface area contributed by atoms with E-state index in [4.69, 9.17) is 14.9 Å². The average molecular weight is 416 g/mol. The molecule has 0 spiro atoms. The molecule has 26 heavy (non-hydrogen) atoms. The number of carboxylic acid groups (broad SMARTS) is 1. The van der Waals surface area contributed by atoms with Crippen molar-refractivity contribution in [1.82, 2.24) is 10.6 Å². The third-order valence-corrected chi connectivity index (χ3v) is 4.36. The molecule has 0 saturated carbocycles. The van der Waals surface area contributed by atoms with Crippen LogP contribution in [0.5, 0.6) is 0 Å². The summed E-state index contributed by atoms with van der Waals surface area (Å²) in [5.41, 5.74) is -1.26. The zero-order valence-corrected chi connectivity index (χ0v) is 16.2. The highest BCUT2D eigenvalue weighted by molar-refractivity contribution is 7.98. The van der Waals surface area contributed by atoms with Gasteiger partial charge in [-0.3, -0.25) is 14.1 Å². The molecular formula is C13H25N2O9PS. The smallest absolute Gasteiger partial charge is 0.469 e. The summed E-state index contributed by atoms with van der Waals surface area (Å²) in [7, 11) is -4.72. The number of hydrogen-bond acceptors (Lipinski definition) is 6. The number of aliphatic hydroxyl groups is 1. The number of rotatable bonds is 12. The van der Waals surface area contributed by atoms with E-state index >= 15 is 0 Å². The number of aliphatic carboxylic acids is 1. The monoisotopic (exact) mass is 416 g/mol. The van der Waals surface area contributed by atoms with Crippen molar-refractivity contribution in [3.05, 3.63) is 0 Å². The number of thiol groups is 1. The van der Waals surface area contributed by atoms with Crippen LogP contribution in [-0.2, 0) is 23.5 Å². The SMILES string of the molecule is CC(C)(COP(=O)(O)O)[C@@H](O)C(=O)NCCC(=O)NCC[SH]=CC(=O)O. The van der Waals surface area contributed by atoms with Crippen molar-refractivity contribution >= 4 is 42.3 Å². The number of amides is 2. The number of phosphoric acid groups is 1. The summed E-state index contributed by atoms with van der Waals surface area (Å²) in [6.45, 7) is 2.49. The number of hydrogen-bond donors (Lipinski definition) is 7. The fourth-order valence-electron chi connectivity index (χ4n) is 1.57. The first-order valence-electron chi connectivity index (χ1n) is 7.50. The van der Waals surface area contributed by atoms with Crippen molar-refractivity contribution in [3.8, 4) is 0 Å². The first kappa shape index (κ1) is 24.7. The standard InChI is InChI=1S/C13H25N2O9PS/c1-13(2,8-24-25(21,22)23)11(19)12(20)15-4-3-9(16)14-5-6-26-7-10(17)18/h7,11,19,26H,3-6,8H2,1-2H3,(H,14,16)(H,15,20)(H,17,18)(H2,21,22,23)/t11-/m0/s1. The zero-order valence-electron chi connectivity index (χ0n) is 14.4. The Labute approximate surface area is 154 Å². The Morgan fingerprint density at radius 1 is 1.23 bits per heavy atom. The van der Waals surface area contributed by atoms with Crippen LogP contribution in [0.3, 0.4) is 0 Å². The van der Waals surface area contributed by atoms with E-state index < -0.39 is 37.8 Å². The van der Waals surface area contributed by atoms with Crippen molar-refractivity contribution in [3.63, 3.8) is 0 Å². The van der Waals surface area contributed by atoms with E-state index in [1.807, 2.05) is 0 Å². The molecule has 2 amide bonds. The summed E-state index contributed by atoms with van der Waals surface area (Å²) in [4.78, 5) is 51.0. The minimum Gasteiger partial charge on any atom is -0.478 e. The second-order valence-electron chi connectivity index (χ2n) is 5.92. The fourth-order valence-corrected chi connectivity index (χ4v) is 2.60. The van der Waals surface area contributed by atoms with Crippen LogP contribution in [0.4, 0.5) is 0 Å². The lowest BCUT2D eigenvalue weighted by molar-refractivity contribution is -0.137. The molecule has 152 valence electrons. The molecule has 0 aliphatic rings. The quantitative estimate of drug-likeness (QED) is 0.0857. The molecule has 0 aromatic heterocycles. The lowest BCUT2D eigenvalue weighted by atomic mass is 9.87. The summed E-state index contributed by atoms with van der Waals surface area (Å²) in [6.07, 6.45) is -1.64. The normalized spacial score (nSPS) is 13.7. The van der Waals surface area contributed by atoms with Crippen LogP contribution in [0.1, 0.15) is 20.3 Å². The molecule has 0 fully saturated rings. The van der Waals surface area contributed by atoms with E-state index in [1.165, 1.54) is 13.8 Å². The number of carboxylic acids is 1. The molecule has 0 heterocycles. The second kappa shape index (κ2) is 11.4. The molecule has 1 atom stereocenters. The van der Waals surface area contributed by atoms with Gasteiger partial charge in [-0.2, -0.15) is 11.4 Å². The van der Waals surface area contributed by atoms with E-state index in [0.29, 0.717) is 17.1 Å². The average Bonchev–Trinajstić information content (AvgIpc) is 2.51. The highest BCUT2D eigenvalue weighted by Gasteiger charge is 2.35. The van der Waals surface area contributed by atoms with E-state index in [1.54, 1.807) is 0 Å². The van der Waals surface area contributed by atoms with Gasteiger partial charge in [-0.05, 0) is 0 Å². The first-order valence-corrected chi connectivity index (χ1v) is 10.2. The molecular weight excluding hydrogens is 391 g/mol. The topological polar surface area (TPSA) is 182 Å². The van der Waals surface area contributed by atoms with Crippen molar-refractivity contribution in [2.45, 2.75) is 26.4 Å². The number of phosphoric ester groups is 1. The van der Waals surface area contributed by atoms with Gasteiger partial charge in [-0.25, -0.2) is 9.36 Å². The molecule has 0 radical (unpaired) electrons. The van der Waals surface area contributed by atoms with Gasteiger partial charge in [0, 0.05) is 36.0 Å². The van der Waals surface area contributed by atoms with Crippen LogP contribution in [0.25, 0.3) is 0 Å². The molecule has 0 aliphatic heterocycles. The lowest BCUT2D eigenvalue weighted by Crippen LogP contribution is -2.46. The van der Waals surface area contributed by atoms with E-state index in [0.717, 1.165) is 5.37 Å². The largest absolute Gasteiger partial charge is 0.478 e. The summed E-state index contributed by atoms with van der Waals surface area (Å²) >= 11 is 0.561. The van der Waals surface area contributed by atoms with Crippen LogP contribution in [0, 0.1) is 5.41 Å². The molecule has 11 nitrogen and oxygen atoms in total. The van der Waals surface area contributed by atoms with Gasteiger partial charge in [0.05, 0.1) is 6.61 Å². The number of aliphatic hydroxyl groups excluding tert-OH is 1. The van der Waals surface area contributed by atoms with Gasteiger partial charge >= 0.3 is 13.8 Å². The van der Waals surface area contributed by atoms with Crippen LogP contribution < -0.4 is 10.6 Å². The minimum atomic E-state index is -4.72. The Morgan fingerprint density at radius 2 is 1.85 bits per heavy atom.